The fourth-order valence-electron chi connectivity index (χ4n) is 2.71. The number of rotatable bonds is 4. The number of hydrogen-bond donors (Lipinski definition) is 1. The van der Waals surface area contributed by atoms with Gasteiger partial charge in [-0.2, -0.15) is 0 Å². The molecule has 26 heavy (non-hydrogen) atoms. The van der Waals surface area contributed by atoms with E-state index in [-0.39, 0.29) is 5.41 Å². The fourth-order valence-corrected chi connectivity index (χ4v) is 4.06. The number of aromatic hydroxyl groups is 1. The van der Waals surface area contributed by atoms with E-state index in [4.69, 9.17) is 18.6 Å². The molecule has 0 aliphatic rings. The van der Waals surface area contributed by atoms with Crippen molar-refractivity contribution in [3.63, 3.8) is 0 Å². The molecule has 0 saturated carbocycles. The molecule has 6 heteroatoms. The molecule has 2 aromatic rings. The average molecular weight is 448 g/mol. The summed E-state index contributed by atoms with van der Waals surface area (Å²) in [5, 5.41) is 13.1. The summed E-state index contributed by atoms with van der Waals surface area (Å²) in [7, 11) is 14.4. The molecule has 0 aliphatic heterocycles. The molecule has 0 amide bonds. The van der Waals surface area contributed by atoms with Crippen LogP contribution in [0.2, 0.25) is 0 Å². The van der Waals surface area contributed by atoms with Gasteiger partial charge in [-0.3, -0.25) is 0 Å². The fraction of sp³-hybridized carbons (Fsp3) is 0.400. The van der Waals surface area contributed by atoms with Crippen molar-refractivity contribution in [1.82, 2.24) is 4.90 Å². The zero-order chi connectivity index (χ0) is 19.9. The van der Waals surface area contributed by atoms with E-state index in [2.05, 4.69) is 83.1 Å². The number of phenols is 1. The molecule has 1 N–H and O–H groups in total. The first-order valence-electron chi connectivity index (χ1n) is 8.40. The summed E-state index contributed by atoms with van der Waals surface area (Å²) in [4.78, 5) is 2.18. The minimum absolute atomic E-state index is 0.0571. The van der Waals surface area contributed by atoms with Crippen molar-refractivity contribution in [2.24, 2.45) is 0 Å². The molecule has 0 saturated heterocycles. The molecule has 1 unspecified atom stereocenters. The van der Waals surface area contributed by atoms with Crippen molar-refractivity contribution in [2.45, 2.75) is 39.7 Å². The summed E-state index contributed by atoms with van der Waals surface area (Å²) in [6, 6.07) is 12.8. The number of halogens is 2. The van der Waals surface area contributed by atoms with E-state index >= 15 is 0 Å². The average Bonchev–Trinajstić information content (AvgIpc) is 2.51. The second kappa shape index (κ2) is 11.1. The Morgan fingerprint density at radius 2 is 1.65 bits per heavy atom. The van der Waals surface area contributed by atoms with Crippen molar-refractivity contribution >= 4 is 37.8 Å². The molecule has 0 spiro atoms. The summed E-state index contributed by atoms with van der Waals surface area (Å²) in [5.74, 6) is 0.459. The van der Waals surface area contributed by atoms with Crippen LogP contribution in [0.4, 0.5) is 0 Å². The molecule has 142 valence electrons. The summed E-state index contributed by atoms with van der Waals surface area (Å²) < 4.78 is 0. The molecular weight excluding hydrogens is 420 g/mol. The van der Waals surface area contributed by atoms with Gasteiger partial charge in [-0.05, 0) is 48.9 Å². The van der Waals surface area contributed by atoms with Crippen LogP contribution in [0, 0.1) is 6.92 Å². The van der Waals surface area contributed by atoms with Crippen LogP contribution in [0.25, 0.3) is 0 Å². The maximum atomic E-state index is 10.8. The number of benzene rings is 2. The molecule has 0 bridgehead atoms. The molecule has 0 heterocycles. The predicted octanol–water partition coefficient (Wildman–Crippen LogP) is 5.07. The van der Waals surface area contributed by atoms with Crippen molar-refractivity contribution < 1.29 is 22.1 Å². The number of nitrogens with zero attached hydrogens (tertiary/aromatic N) is 1. The van der Waals surface area contributed by atoms with E-state index in [1.807, 2.05) is 0 Å². The summed E-state index contributed by atoms with van der Waals surface area (Å²) in [6.07, 6.45) is 0. The van der Waals surface area contributed by atoms with Crippen molar-refractivity contribution in [3.05, 3.63) is 53.1 Å². The second-order valence-electron chi connectivity index (χ2n) is 7.55. The van der Waals surface area contributed by atoms with E-state index < -0.39 is 17.0 Å². The first-order chi connectivity index (χ1) is 12.1. The number of aryl methyl sites for hydroxylation is 1. The van der Waals surface area contributed by atoms with Gasteiger partial charge in [0.25, 0.3) is 0 Å². The van der Waals surface area contributed by atoms with E-state index in [0.717, 1.165) is 17.4 Å². The third-order valence-corrected chi connectivity index (χ3v) is 5.24. The summed E-state index contributed by atoms with van der Waals surface area (Å²) in [5.41, 5.74) is 3.51. The van der Waals surface area contributed by atoms with E-state index in [1.54, 1.807) is 0 Å². The Morgan fingerprint density at radius 1 is 1.08 bits per heavy atom. The van der Waals surface area contributed by atoms with Crippen LogP contribution in [0.3, 0.4) is 0 Å². The van der Waals surface area contributed by atoms with E-state index in [0.29, 0.717) is 14.3 Å². The van der Waals surface area contributed by atoms with Crippen molar-refractivity contribution in [3.8, 4) is 5.75 Å². The third kappa shape index (κ3) is 7.51. The van der Waals surface area contributed by atoms with Crippen LogP contribution in [-0.2, 0) is 29.0 Å². The quantitative estimate of drug-likeness (QED) is 0.522. The van der Waals surface area contributed by atoms with E-state index in [1.165, 1.54) is 16.4 Å². The number of phenolic OH excluding ortho intramolecular Hbond substituents is 1. The van der Waals surface area contributed by atoms with Gasteiger partial charge in [-0.15, -0.1) is 0 Å². The van der Waals surface area contributed by atoms with Gasteiger partial charge >= 0.3 is 35.6 Å². The molecule has 0 aromatic heterocycles. The Balaban J connectivity index is 0.00000105. The van der Waals surface area contributed by atoms with Gasteiger partial charge in [0.2, 0.25) is 0 Å². The first kappa shape index (κ1) is 24.0. The summed E-state index contributed by atoms with van der Waals surface area (Å²) in [6.45, 7) is 9.47. The Morgan fingerprint density at radius 3 is 2.19 bits per heavy atom. The maximum absolute atomic E-state index is 10.8. The van der Waals surface area contributed by atoms with Crippen LogP contribution in [0.5, 0.6) is 5.75 Å². The number of hydrogen-bond acceptors (Lipinski definition) is 2. The minimum atomic E-state index is -0.556. The molecule has 1 atom stereocenters. The predicted molar refractivity (Wildman–Crippen MR) is 115 cm³/mol. The topological polar surface area (TPSA) is 23.5 Å². The molecule has 0 fully saturated rings. The normalized spacial score (nSPS) is 11.6. The summed E-state index contributed by atoms with van der Waals surface area (Å²) >= 11 is -0.556. The molecule has 2 aromatic carbocycles. The Bertz CT molecular complexity index is 717. The molecule has 2 rings (SSSR count). The van der Waals surface area contributed by atoms with Crippen LogP contribution in [0.15, 0.2) is 36.4 Å². The standard InChI is InChI=1S/C20H28NOP.2ClH.Ti/c1-14-11-16(20(2,3)4)19(22)18(12-14)23-17-10-8-7-9-15(17)13-21(5)6;;;/h7-12,22-23H,13H2,1-6H3;2*1H;/q;;;+2/p-2. The van der Waals surface area contributed by atoms with Crippen LogP contribution >= 0.6 is 27.2 Å². The molecular formula is C20H28Cl2NOPTi. The first-order valence-corrected chi connectivity index (χ1v) is 13.7. The molecule has 0 radical (unpaired) electrons. The van der Waals surface area contributed by atoms with Crippen molar-refractivity contribution in [2.75, 3.05) is 14.1 Å². The zero-order valence-corrected chi connectivity index (χ0v) is 20.4. The van der Waals surface area contributed by atoms with E-state index in [9.17, 15) is 5.11 Å². The zero-order valence-electron chi connectivity index (χ0n) is 16.3. The van der Waals surface area contributed by atoms with Gasteiger partial charge in [0.1, 0.15) is 5.75 Å². The van der Waals surface area contributed by atoms with Gasteiger partial charge in [-0.1, -0.05) is 59.7 Å². The monoisotopic (exact) mass is 447 g/mol. The van der Waals surface area contributed by atoms with Crippen molar-refractivity contribution in [1.29, 1.82) is 0 Å². The molecule has 2 nitrogen and oxygen atoms in total. The van der Waals surface area contributed by atoms with Crippen LogP contribution in [-0.4, -0.2) is 24.1 Å². The Hall–Kier alpha value is -0.0757. The Labute approximate surface area is 176 Å². The van der Waals surface area contributed by atoms with Gasteiger partial charge in [0, 0.05) is 17.4 Å². The molecule has 0 aliphatic carbocycles. The second-order valence-corrected chi connectivity index (χ2v) is 11.5. The van der Waals surface area contributed by atoms with Crippen LogP contribution < -0.4 is 10.6 Å². The Kier molecular flexibility index (Phi) is 10.2. The van der Waals surface area contributed by atoms with Crippen LogP contribution in [0.1, 0.15) is 37.5 Å². The van der Waals surface area contributed by atoms with Gasteiger partial charge in [-0.25, -0.2) is 0 Å². The van der Waals surface area contributed by atoms with Gasteiger partial charge in [0.05, 0.1) is 0 Å². The third-order valence-electron chi connectivity index (χ3n) is 3.84. The SMILES string of the molecule is Cc1cc(Pc2ccccc2CN(C)C)c(O)c(C(C)(C)C)c1.[Cl][Ti][Cl]. The van der Waals surface area contributed by atoms with Gasteiger partial charge in [0.15, 0.2) is 0 Å². The van der Waals surface area contributed by atoms with Gasteiger partial charge < -0.3 is 10.0 Å².